The van der Waals surface area contributed by atoms with E-state index in [-0.39, 0.29) is 12.3 Å². The molecule has 0 radical (unpaired) electrons. The van der Waals surface area contributed by atoms with E-state index >= 15 is 0 Å². The third kappa shape index (κ3) is 3.57. The second kappa shape index (κ2) is 5.52. The van der Waals surface area contributed by atoms with Gasteiger partial charge in [-0.2, -0.15) is 0 Å². The molecule has 2 atom stereocenters. The van der Waals surface area contributed by atoms with Gasteiger partial charge in [-0.15, -0.1) is 6.58 Å². The molecule has 5 heteroatoms. The van der Waals surface area contributed by atoms with Crippen molar-refractivity contribution in [2.75, 3.05) is 0 Å². The number of nitrogens with zero attached hydrogens (tertiary/aromatic N) is 1. The SMILES string of the molecule is C=CC[C@@H](O)[C@@H]1CCC(=O)N1C(=O)OC(C)(C)C. The van der Waals surface area contributed by atoms with Crippen LogP contribution in [0.25, 0.3) is 0 Å². The number of imide groups is 1. The maximum Gasteiger partial charge on any atom is 0.417 e. The lowest BCUT2D eigenvalue weighted by Gasteiger charge is -2.29. The molecule has 2 amide bonds. The van der Waals surface area contributed by atoms with E-state index in [4.69, 9.17) is 4.74 Å². The predicted molar refractivity (Wildman–Crippen MR) is 66.9 cm³/mol. The maximum atomic E-state index is 11.9. The first-order chi connectivity index (χ1) is 8.26. The molecule has 0 unspecified atom stereocenters. The van der Waals surface area contributed by atoms with E-state index < -0.39 is 23.8 Å². The third-order valence-corrected chi connectivity index (χ3v) is 2.70. The summed E-state index contributed by atoms with van der Waals surface area (Å²) in [6.45, 7) is 8.75. The van der Waals surface area contributed by atoms with Gasteiger partial charge in [0.05, 0.1) is 12.1 Å². The van der Waals surface area contributed by atoms with Crippen molar-refractivity contribution in [1.29, 1.82) is 0 Å². The highest BCUT2D eigenvalue weighted by molar-refractivity contribution is 5.94. The number of carbonyl (C=O) groups excluding carboxylic acids is 2. The van der Waals surface area contributed by atoms with Crippen molar-refractivity contribution in [3.63, 3.8) is 0 Å². The zero-order chi connectivity index (χ0) is 13.9. The highest BCUT2D eigenvalue weighted by Crippen LogP contribution is 2.25. The molecule has 0 spiro atoms. The Morgan fingerprint density at radius 3 is 2.78 bits per heavy atom. The second-order valence-electron chi connectivity index (χ2n) is 5.44. The molecule has 1 fully saturated rings. The van der Waals surface area contributed by atoms with Crippen molar-refractivity contribution in [3.8, 4) is 0 Å². The number of rotatable bonds is 3. The summed E-state index contributed by atoms with van der Waals surface area (Å²) in [6.07, 6.45) is 1.18. The topological polar surface area (TPSA) is 66.8 Å². The Hall–Kier alpha value is -1.36. The Bertz CT molecular complexity index is 345. The maximum absolute atomic E-state index is 11.9. The number of aliphatic hydroxyl groups excluding tert-OH is 1. The highest BCUT2D eigenvalue weighted by atomic mass is 16.6. The van der Waals surface area contributed by atoms with Crippen LogP contribution < -0.4 is 0 Å². The number of carbonyl (C=O) groups is 2. The average molecular weight is 255 g/mol. The van der Waals surface area contributed by atoms with E-state index in [1.54, 1.807) is 26.8 Å². The van der Waals surface area contributed by atoms with Crippen LogP contribution in [0.2, 0.25) is 0 Å². The smallest absolute Gasteiger partial charge is 0.417 e. The standard InChI is InChI=1S/C13H21NO4/c1-5-6-10(15)9-7-8-11(16)14(9)12(17)18-13(2,3)4/h5,9-10,15H,1,6-8H2,2-4H3/t9-,10+/m0/s1. The molecule has 1 aliphatic rings. The summed E-state index contributed by atoms with van der Waals surface area (Å²) in [4.78, 5) is 24.7. The van der Waals surface area contributed by atoms with Gasteiger partial charge in [-0.3, -0.25) is 4.79 Å². The highest BCUT2D eigenvalue weighted by Gasteiger charge is 2.41. The van der Waals surface area contributed by atoms with Crippen LogP contribution in [0.15, 0.2) is 12.7 Å². The van der Waals surface area contributed by atoms with Crippen LogP contribution >= 0.6 is 0 Å². The number of likely N-dealkylation sites (tertiary alicyclic amines) is 1. The van der Waals surface area contributed by atoms with Gasteiger partial charge in [0.15, 0.2) is 0 Å². The minimum Gasteiger partial charge on any atom is -0.443 e. The first kappa shape index (κ1) is 14.7. The van der Waals surface area contributed by atoms with Gasteiger partial charge >= 0.3 is 6.09 Å². The van der Waals surface area contributed by atoms with Gasteiger partial charge in [0.25, 0.3) is 0 Å². The fourth-order valence-electron chi connectivity index (χ4n) is 1.95. The normalized spacial score (nSPS) is 21.9. The van der Waals surface area contributed by atoms with Gasteiger partial charge in [-0.05, 0) is 33.6 Å². The fourth-order valence-corrected chi connectivity index (χ4v) is 1.95. The molecular formula is C13H21NO4. The van der Waals surface area contributed by atoms with Crippen LogP contribution in [0.5, 0.6) is 0 Å². The molecular weight excluding hydrogens is 234 g/mol. The first-order valence-corrected chi connectivity index (χ1v) is 6.10. The molecule has 1 rings (SSSR count). The fraction of sp³-hybridized carbons (Fsp3) is 0.692. The molecule has 1 saturated heterocycles. The Labute approximate surface area is 107 Å². The molecule has 5 nitrogen and oxygen atoms in total. The monoisotopic (exact) mass is 255 g/mol. The van der Waals surface area contributed by atoms with Gasteiger partial charge in [-0.25, -0.2) is 9.69 Å². The van der Waals surface area contributed by atoms with E-state index in [0.29, 0.717) is 12.8 Å². The minimum absolute atomic E-state index is 0.262. The number of aliphatic hydroxyl groups is 1. The van der Waals surface area contributed by atoms with E-state index in [9.17, 15) is 14.7 Å². The van der Waals surface area contributed by atoms with Crippen LogP contribution in [0, 0.1) is 0 Å². The Morgan fingerprint density at radius 2 is 2.28 bits per heavy atom. The summed E-state index contributed by atoms with van der Waals surface area (Å²) in [6, 6.07) is -0.509. The van der Waals surface area contributed by atoms with Gasteiger partial charge in [0.2, 0.25) is 5.91 Å². The first-order valence-electron chi connectivity index (χ1n) is 6.10. The minimum atomic E-state index is -0.776. The van der Waals surface area contributed by atoms with Crippen LogP contribution in [0.1, 0.15) is 40.0 Å². The van der Waals surface area contributed by atoms with Crippen LogP contribution in [0.4, 0.5) is 4.79 Å². The van der Waals surface area contributed by atoms with Gasteiger partial charge in [0, 0.05) is 6.42 Å². The lowest BCUT2D eigenvalue weighted by atomic mass is 10.1. The van der Waals surface area contributed by atoms with Gasteiger partial charge in [-0.1, -0.05) is 6.08 Å². The summed E-state index contributed by atoms with van der Waals surface area (Å²) in [5.74, 6) is -0.294. The molecule has 1 N–H and O–H groups in total. The number of ether oxygens (including phenoxy) is 1. The average Bonchev–Trinajstić information content (AvgIpc) is 2.58. The summed E-state index contributed by atoms with van der Waals surface area (Å²) in [5, 5.41) is 9.91. The summed E-state index contributed by atoms with van der Waals surface area (Å²) in [5.41, 5.74) is -0.659. The quantitative estimate of drug-likeness (QED) is 0.781. The largest absolute Gasteiger partial charge is 0.443 e. The van der Waals surface area contributed by atoms with Crippen molar-refractivity contribution >= 4 is 12.0 Å². The van der Waals surface area contributed by atoms with Crippen molar-refractivity contribution in [2.24, 2.45) is 0 Å². The van der Waals surface area contributed by atoms with Crippen LogP contribution in [-0.4, -0.2) is 39.8 Å². The molecule has 0 aliphatic carbocycles. The molecule has 0 saturated carbocycles. The number of amides is 2. The van der Waals surface area contributed by atoms with Crippen molar-refractivity contribution < 1.29 is 19.4 Å². The van der Waals surface area contributed by atoms with Crippen LogP contribution in [0.3, 0.4) is 0 Å². The zero-order valence-electron chi connectivity index (χ0n) is 11.2. The van der Waals surface area contributed by atoms with Crippen molar-refractivity contribution in [3.05, 3.63) is 12.7 Å². The zero-order valence-corrected chi connectivity index (χ0v) is 11.2. The Balaban J connectivity index is 2.79. The van der Waals surface area contributed by atoms with Crippen molar-refractivity contribution in [2.45, 2.75) is 57.8 Å². The summed E-state index contributed by atoms with van der Waals surface area (Å²) < 4.78 is 5.18. The molecule has 0 bridgehead atoms. The summed E-state index contributed by atoms with van der Waals surface area (Å²) in [7, 11) is 0. The Kier molecular flexibility index (Phi) is 4.51. The van der Waals surface area contributed by atoms with E-state index in [2.05, 4.69) is 6.58 Å². The van der Waals surface area contributed by atoms with Gasteiger partial charge in [0.1, 0.15) is 5.60 Å². The van der Waals surface area contributed by atoms with Gasteiger partial charge < -0.3 is 9.84 Å². The number of hydrogen-bond acceptors (Lipinski definition) is 4. The van der Waals surface area contributed by atoms with E-state index in [1.165, 1.54) is 0 Å². The molecule has 0 aromatic rings. The van der Waals surface area contributed by atoms with Crippen molar-refractivity contribution in [1.82, 2.24) is 4.90 Å². The van der Waals surface area contributed by atoms with Crippen LogP contribution in [-0.2, 0) is 9.53 Å². The molecule has 1 aliphatic heterocycles. The third-order valence-electron chi connectivity index (χ3n) is 2.70. The second-order valence-corrected chi connectivity index (χ2v) is 5.44. The Morgan fingerprint density at radius 1 is 1.67 bits per heavy atom. The molecule has 0 aromatic heterocycles. The molecule has 0 aromatic carbocycles. The number of hydrogen-bond donors (Lipinski definition) is 1. The lowest BCUT2D eigenvalue weighted by Crippen LogP contribution is -2.46. The predicted octanol–water partition coefficient (Wildman–Crippen LogP) is 1.85. The summed E-state index contributed by atoms with van der Waals surface area (Å²) >= 11 is 0. The molecule has 1 heterocycles. The van der Waals surface area contributed by atoms with E-state index in [0.717, 1.165) is 4.90 Å². The molecule has 102 valence electrons. The van der Waals surface area contributed by atoms with E-state index in [1.807, 2.05) is 0 Å². The lowest BCUT2D eigenvalue weighted by molar-refractivity contribution is -0.129. The molecule has 18 heavy (non-hydrogen) atoms.